The molecule has 0 unspecified atom stereocenters. The Labute approximate surface area is 85.2 Å². The fraction of sp³-hybridized carbons (Fsp3) is 0.800. The molecule has 4 heteroatoms. The minimum absolute atomic E-state index is 0.00731. The lowest BCUT2D eigenvalue weighted by molar-refractivity contribution is -0.148. The summed E-state index contributed by atoms with van der Waals surface area (Å²) >= 11 is 0. The fourth-order valence-electron chi connectivity index (χ4n) is 1.12. The summed E-state index contributed by atoms with van der Waals surface area (Å²) in [6, 6.07) is 0.0353. The Balaban J connectivity index is 4.29. The van der Waals surface area contributed by atoms with Crippen molar-refractivity contribution in [1.82, 2.24) is 4.90 Å². The molecule has 0 saturated carbocycles. The van der Waals surface area contributed by atoms with E-state index in [9.17, 15) is 9.59 Å². The van der Waals surface area contributed by atoms with Crippen LogP contribution in [0.3, 0.4) is 0 Å². The molecule has 1 amide bonds. The van der Waals surface area contributed by atoms with Crippen molar-refractivity contribution in [3.8, 4) is 0 Å². The molecule has 0 bridgehead atoms. The Kier molecular flexibility index (Phi) is 5.92. The average Bonchev–Trinajstić information content (AvgIpc) is 2.13. The third-order valence-corrected chi connectivity index (χ3v) is 1.93. The summed E-state index contributed by atoms with van der Waals surface area (Å²) in [4.78, 5) is 24.1. The Hall–Kier alpha value is -1.06. The second-order valence-electron chi connectivity index (χ2n) is 3.44. The standard InChI is InChI=1S/C10H19NO3/c1-5-6-9(12)11(8(2)3)7-10(13)14-4/h8H,5-7H2,1-4H3. The molecule has 0 aliphatic heterocycles. The predicted molar refractivity (Wildman–Crippen MR) is 53.8 cm³/mol. The van der Waals surface area contributed by atoms with E-state index in [2.05, 4.69) is 4.74 Å². The van der Waals surface area contributed by atoms with Gasteiger partial charge in [-0.1, -0.05) is 6.92 Å². The van der Waals surface area contributed by atoms with Gasteiger partial charge in [-0.15, -0.1) is 0 Å². The summed E-state index contributed by atoms with van der Waals surface area (Å²) in [5.41, 5.74) is 0. The number of methoxy groups -OCH3 is 1. The lowest BCUT2D eigenvalue weighted by Crippen LogP contribution is -2.40. The molecule has 0 atom stereocenters. The molecular formula is C10H19NO3. The van der Waals surface area contributed by atoms with E-state index < -0.39 is 0 Å². The van der Waals surface area contributed by atoms with Gasteiger partial charge in [0, 0.05) is 12.5 Å². The van der Waals surface area contributed by atoms with E-state index in [-0.39, 0.29) is 24.5 Å². The SMILES string of the molecule is CCCC(=O)N(CC(=O)OC)C(C)C. The zero-order chi connectivity index (χ0) is 11.1. The number of hydrogen-bond acceptors (Lipinski definition) is 3. The molecule has 0 aromatic rings. The third-order valence-electron chi connectivity index (χ3n) is 1.93. The zero-order valence-corrected chi connectivity index (χ0v) is 9.37. The van der Waals surface area contributed by atoms with Gasteiger partial charge in [0.25, 0.3) is 0 Å². The van der Waals surface area contributed by atoms with E-state index in [1.807, 2.05) is 20.8 Å². The number of ether oxygens (including phenoxy) is 1. The number of carbonyl (C=O) groups is 2. The van der Waals surface area contributed by atoms with Crippen molar-refractivity contribution in [3.63, 3.8) is 0 Å². The maximum absolute atomic E-state index is 11.6. The molecular weight excluding hydrogens is 182 g/mol. The zero-order valence-electron chi connectivity index (χ0n) is 9.37. The highest BCUT2D eigenvalue weighted by Gasteiger charge is 2.19. The van der Waals surface area contributed by atoms with E-state index in [0.717, 1.165) is 6.42 Å². The molecule has 0 N–H and O–H groups in total. The topological polar surface area (TPSA) is 46.6 Å². The van der Waals surface area contributed by atoms with Crippen LogP contribution >= 0.6 is 0 Å². The van der Waals surface area contributed by atoms with Crippen LogP contribution in [0.15, 0.2) is 0 Å². The van der Waals surface area contributed by atoms with E-state index in [1.165, 1.54) is 12.0 Å². The van der Waals surface area contributed by atoms with E-state index in [1.54, 1.807) is 0 Å². The van der Waals surface area contributed by atoms with Crippen LogP contribution in [-0.4, -0.2) is 36.5 Å². The maximum atomic E-state index is 11.6. The molecule has 0 heterocycles. The summed E-state index contributed by atoms with van der Waals surface area (Å²) in [6.45, 7) is 5.76. The number of rotatable bonds is 5. The monoisotopic (exact) mass is 201 g/mol. The quantitative estimate of drug-likeness (QED) is 0.628. The molecule has 0 rings (SSSR count). The first kappa shape index (κ1) is 12.9. The summed E-state index contributed by atoms with van der Waals surface area (Å²) in [6.07, 6.45) is 1.28. The van der Waals surface area contributed by atoms with Gasteiger partial charge in [-0.05, 0) is 20.3 Å². The highest BCUT2D eigenvalue weighted by Crippen LogP contribution is 2.03. The Morgan fingerprint density at radius 1 is 1.36 bits per heavy atom. The van der Waals surface area contributed by atoms with Crippen molar-refractivity contribution in [1.29, 1.82) is 0 Å². The molecule has 0 fully saturated rings. The normalized spacial score (nSPS) is 10.1. The lowest BCUT2D eigenvalue weighted by Gasteiger charge is -2.25. The maximum Gasteiger partial charge on any atom is 0.325 e. The van der Waals surface area contributed by atoms with Crippen LogP contribution in [0.5, 0.6) is 0 Å². The van der Waals surface area contributed by atoms with Crippen LogP contribution in [-0.2, 0) is 14.3 Å². The first-order chi connectivity index (χ1) is 6.52. The molecule has 0 aromatic heterocycles. The highest BCUT2D eigenvalue weighted by atomic mass is 16.5. The average molecular weight is 201 g/mol. The number of carbonyl (C=O) groups excluding carboxylic acids is 2. The molecule has 4 nitrogen and oxygen atoms in total. The highest BCUT2D eigenvalue weighted by molar-refractivity contribution is 5.82. The van der Waals surface area contributed by atoms with E-state index >= 15 is 0 Å². The van der Waals surface area contributed by atoms with Crippen LogP contribution in [0.1, 0.15) is 33.6 Å². The van der Waals surface area contributed by atoms with Gasteiger partial charge in [0.2, 0.25) is 5.91 Å². The lowest BCUT2D eigenvalue weighted by atomic mass is 10.2. The summed E-state index contributed by atoms with van der Waals surface area (Å²) in [5.74, 6) is -0.365. The van der Waals surface area contributed by atoms with Crippen LogP contribution in [0.25, 0.3) is 0 Å². The number of esters is 1. The van der Waals surface area contributed by atoms with Crippen molar-refractivity contribution in [2.24, 2.45) is 0 Å². The van der Waals surface area contributed by atoms with Gasteiger partial charge in [-0.25, -0.2) is 0 Å². The molecule has 0 aromatic carbocycles. The molecule has 82 valence electrons. The molecule has 0 saturated heterocycles. The van der Waals surface area contributed by atoms with Gasteiger partial charge >= 0.3 is 5.97 Å². The Bertz CT molecular complexity index is 202. The van der Waals surface area contributed by atoms with Crippen molar-refractivity contribution < 1.29 is 14.3 Å². The van der Waals surface area contributed by atoms with Crippen LogP contribution in [0.4, 0.5) is 0 Å². The number of nitrogens with zero attached hydrogens (tertiary/aromatic N) is 1. The summed E-state index contributed by atoms with van der Waals surface area (Å²) < 4.78 is 4.53. The first-order valence-electron chi connectivity index (χ1n) is 4.89. The fourth-order valence-corrected chi connectivity index (χ4v) is 1.12. The van der Waals surface area contributed by atoms with Crippen LogP contribution < -0.4 is 0 Å². The van der Waals surface area contributed by atoms with Crippen molar-refractivity contribution in [3.05, 3.63) is 0 Å². The van der Waals surface area contributed by atoms with E-state index in [4.69, 9.17) is 0 Å². The number of hydrogen-bond donors (Lipinski definition) is 0. The minimum Gasteiger partial charge on any atom is -0.468 e. The van der Waals surface area contributed by atoms with Crippen LogP contribution in [0.2, 0.25) is 0 Å². The first-order valence-corrected chi connectivity index (χ1v) is 4.89. The molecule has 14 heavy (non-hydrogen) atoms. The largest absolute Gasteiger partial charge is 0.468 e. The smallest absolute Gasteiger partial charge is 0.325 e. The predicted octanol–water partition coefficient (Wildman–Crippen LogP) is 1.20. The minimum atomic E-state index is -0.372. The number of amides is 1. The van der Waals surface area contributed by atoms with Crippen molar-refractivity contribution in [2.45, 2.75) is 39.7 Å². The summed E-state index contributed by atoms with van der Waals surface area (Å²) in [7, 11) is 1.32. The Morgan fingerprint density at radius 3 is 2.29 bits per heavy atom. The van der Waals surface area contributed by atoms with Crippen LogP contribution in [0, 0.1) is 0 Å². The van der Waals surface area contributed by atoms with Crippen molar-refractivity contribution >= 4 is 11.9 Å². The van der Waals surface area contributed by atoms with Gasteiger partial charge in [-0.2, -0.15) is 0 Å². The van der Waals surface area contributed by atoms with Gasteiger partial charge in [0.1, 0.15) is 6.54 Å². The van der Waals surface area contributed by atoms with Gasteiger partial charge in [0.05, 0.1) is 7.11 Å². The second kappa shape index (κ2) is 6.40. The summed E-state index contributed by atoms with van der Waals surface area (Å²) in [5, 5.41) is 0. The van der Waals surface area contributed by atoms with Gasteiger partial charge in [0.15, 0.2) is 0 Å². The second-order valence-corrected chi connectivity index (χ2v) is 3.44. The van der Waals surface area contributed by atoms with Gasteiger partial charge in [-0.3, -0.25) is 9.59 Å². The molecule has 0 aliphatic carbocycles. The molecule has 0 spiro atoms. The van der Waals surface area contributed by atoms with Crippen molar-refractivity contribution in [2.75, 3.05) is 13.7 Å². The molecule has 0 aliphatic rings. The van der Waals surface area contributed by atoms with Gasteiger partial charge < -0.3 is 9.64 Å². The molecule has 0 radical (unpaired) electrons. The Morgan fingerprint density at radius 2 is 1.93 bits per heavy atom. The van der Waals surface area contributed by atoms with E-state index in [0.29, 0.717) is 6.42 Å². The third kappa shape index (κ3) is 4.25.